The van der Waals surface area contributed by atoms with Crippen molar-refractivity contribution in [3.8, 4) is 0 Å². The molecule has 1 aromatic rings. The van der Waals surface area contributed by atoms with E-state index >= 15 is 0 Å². The minimum absolute atomic E-state index is 0.517. The number of aryl methyl sites for hydroxylation is 1. The highest BCUT2D eigenvalue weighted by atomic mass is 32.2. The lowest BCUT2D eigenvalue weighted by Crippen LogP contribution is -2.34. The first-order chi connectivity index (χ1) is 8.62. The van der Waals surface area contributed by atoms with Crippen LogP contribution in [0.4, 0.5) is 11.8 Å². The molecule has 0 spiro atoms. The summed E-state index contributed by atoms with van der Waals surface area (Å²) in [6.45, 7) is 7.12. The van der Waals surface area contributed by atoms with Gasteiger partial charge in [-0.1, -0.05) is 6.92 Å². The third kappa shape index (κ3) is 4.05. The van der Waals surface area contributed by atoms with Crippen molar-refractivity contribution in [3.05, 3.63) is 11.8 Å². The number of thioether (sulfide) groups is 1. The van der Waals surface area contributed by atoms with E-state index in [1.165, 1.54) is 0 Å². The summed E-state index contributed by atoms with van der Waals surface area (Å²) >= 11 is 1.88. The summed E-state index contributed by atoms with van der Waals surface area (Å²) in [6, 6.07) is 2.56. The molecule has 0 aromatic carbocycles. The van der Waals surface area contributed by atoms with Gasteiger partial charge in [-0.2, -0.15) is 16.7 Å². The third-order valence-electron chi connectivity index (χ3n) is 2.91. The molecule has 0 amide bonds. The van der Waals surface area contributed by atoms with Gasteiger partial charge >= 0.3 is 0 Å². The first-order valence-corrected chi connectivity index (χ1v) is 7.83. The third-order valence-corrected chi connectivity index (χ3v) is 3.63. The SMILES string of the molecule is CCNc1nc(C)cc(N(C)C(CC)CSC)n1. The Balaban J connectivity index is 2.92. The van der Waals surface area contributed by atoms with Crippen LogP contribution in [-0.2, 0) is 0 Å². The standard InChI is InChI=1S/C13H24N4S/c1-6-11(9-18-5)17(4)12-8-10(3)15-13(16-12)14-7-2/h8,11H,6-7,9H2,1-5H3,(H,14,15,16). The molecule has 18 heavy (non-hydrogen) atoms. The number of hydrogen-bond acceptors (Lipinski definition) is 5. The molecule has 0 aliphatic rings. The van der Waals surface area contributed by atoms with E-state index in [4.69, 9.17) is 0 Å². The van der Waals surface area contributed by atoms with Gasteiger partial charge in [-0.05, 0) is 26.5 Å². The van der Waals surface area contributed by atoms with Crippen molar-refractivity contribution in [2.75, 3.05) is 35.8 Å². The van der Waals surface area contributed by atoms with Gasteiger partial charge < -0.3 is 10.2 Å². The van der Waals surface area contributed by atoms with Gasteiger partial charge in [0.1, 0.15) is 5.82 Å². The molecule has 1 atom stereocenters. The van der Waals surface area contributed by atoms with Crippen LogP contribution < -0.4 is 10.2 Å². The van der Waals surface area contributed by atoms with Crippen molar-refractivity contribution in [1.29, 1.82) is 0 Å². The molecular formula is C13H24N4S. The first-order valence-electron chi connectivity index (χ1n) is 6.43. The minimum Gasteiger partial charge on any atom is -0.356 e. The van der Waals surface area contributed by atoms with Gasteiger partial charge in [0.25, 0.3) is 0 Å². The van der Waals surface area contributed by atoms with Crippen molar-refractivity contribution >= 4 is 23.5 Å². The van der Waals surface area contributed by atoms with Crippen molar-refractivity contribution in [3.63, 3.8) is 0 Å². The number of anilines is 2. The minimum atomic E-state index is 0.517. The van der Waals surface area contributed by atoms with Crippen molar-refractivity contribution in [2.45, 2.75) is 33.2 Å². The fourth-order valence-electron chi connectivity index (χ4n) is 1.85. The van der Waals surface area contributed by atoms with Gasteiger partial charge in [-0.25, -0.2) is 4.98 Å². The molecule has 102 valence electrons. The highest BCUT2D eigenvalue weighted by molar-refractivity contribution is 7.98. The highest BCUT2D eigenvalue weighted by Crippen LogP contribution is 2.19. The smallest absolute Gasteiger partial charge is 0.224 e. The molecule has 1 aromatic heterocycles. The summed E-state index contributed by atoms with van der Waals surface area (Å²) in [6.07, 6.45) is 3.27. The van der Waals surface area contributed by atoms with Gasteiger partial charge in [0.05, 0.1) is 0 Å². The lowest BCUT2D eigenvalue weighted by Gasteiger charge is -2.28. The van der Waals surface area contributed by atoms with Crippen LogP contribution in [0.5, 0.6) is 0 Å². The zero-order valence-corrected chi connectivity index (χ0v) is 12.8. The Kier molecular flexibility index (Phi) is 6.25. The number of rotatable bonds is 7. The second kappa shape index (κ2) is 7.46. The predicted molar refractivity (Wildman–Crippen MR) is 81.8 cm³/mol. The molecule has 1 rings (SSSR count). The van der Waals surface area contributed by atoms with E-state index < -0.39 is 0 Å². The molecular weight excluding hydrogens is 244 g/mol. The molecule has 5 heteroatoms. The molecule has 0 bridgehead atoms. The Morgan fingerprint density at radius 3 is 2.67 bits per heavy atom. The molecule has 0 radical (unpaired) electrons. The zero-order chi connectivity index (χ0) is 13.5. The number of nitrogens with zero attached hydrogens (tertiary/aromatic N) is 3. The monoisotopic (exact) mass is 268 g/mol. The molecule has 0 fully saturated rings. The predicted octanol–water partition coefficient (Wildman–Crippen LogP) is 2.79. The van der Waals surface area contributed by atoms with Gasteiger partial charge in [0.15, 0.2) is 0 Å². The van der Waals surface area contributed by atoms with Crippen molar-refractivity contribution in [2.24, 2.45) is 0 Å². The summed E-state index contributed by atoms with van der Waals surface area (Å²) in [4.78, 5) is 11.2. The van der Waals surface area contributed by atoms with Crippen LogP contribution in [0.15, 0.2) is 6.07 Å². The molecule has 0 aliphatic heterocycles. The largest absolute Gasteiger partial charge is 0.356 e. The van der Waals surface area contributed by atoms with E-state index in [9.17, 15) is 0 Å². The topological polar surface area (TPSA) is 41.1 Å². The van der Waals surface area contributed by atoms with Gasteiger partial charge in [0, 0.05) is 37.1 Å². The molecule has 4 nitrogen and oxygen atoms in total. The Hall–Kier alpha value is -0.970. The molecule has 0 aliphatic carbocycles. The van der Waals surface area contributed by atoms with E-state index in [0.717, 1.165) is 36.2 Å². The fourth-order valence-corrected chi connectivity index (χ4v) is 2.70. The van der Waals surface area contributed by atoms with Crippen LogP contribution >= 0.6 is 11.8 Å². The van der Waals surface area contributed by atoms with Crippen LogP contribution in [0.3, 0.4) is 0 Å². The van der Waals surface area contributed by atoms with E-state index in [2.05, 4.69) is 47.3 Å². The zero-order valence-electron chi connectivity index (χ0n) is 12.0. The Labute approximate surface area is 115 Å². The fraction of sp³-hybridized carbons (Fsp3) is 0.692. The molecule has 1 heterocycles. The normalized spacial score (nSPS) is 12.3. The number of aromatic nitrogens is 2. The maximum atomic E-state index is 4.57. The summed E-state index contributed by atoms with van der Waals surface area (Å²) in [7, 11) is 2.11. The summed E-state index contributed by atoms with van der Waals surface area (Å²) in [5.74, 6) is 2.84. The van der Waals surface area contributed by atoms with E-state index in [0.29, 0.717) is 6.04 Å². The van der Waals surface area contributed by atoms with Gasteiger partial charge in [0.2, 0.25) is 5.95 Å². The highest BCUT2D eigenvalue weighted by Gasteiger charge is 2.15. The molecule has 1 unspecified atom stereocenters. The Morgan fingerprint density at radius 2 is 2.11 bits per heavy atom. The second-order valence-electron chi connectivity index (χ2n) is 4.35. The molecule has 0 saturated heterocycles. The second-order valence-corrected chi connectivity index (χ2v) is 5.26. The summed E-state index contributed by atoms with van der Waals surface area (Å²) in [5.41, 5.74) is 1.00. The van der Waals surface area contributed by atoms with Gasteiger partial charge in [-0.15, -0.1) is 0 Å². The number of hydrogen-bond donors (Lipinski definition) is 1. The Bertz CT molecular complexity index is 370. The first kappa shape index (κ1) is 15.1. The Morgan fingerprint density at radius 1 is 1.39 bits per heavy atom. The maximum Gasteiger partial charge on any atom is 0.224 e. The van der Waals surface area contributed by atoms with Crippen LogP contribution in [0.25, 0.3) is 0 Å². The van der Waals surface area contributed by atoms with Crippen molar-refractivity contribution < 1.29 is 0 Å². The van der Waals surface area contributed by atoms with Crippen LogP contribution in [0, 0.1) is 6.92 Å². The lowest BCUT2D eigenvalue weighted by molar-refractivity contribution is 0.665. The molecule has 1 N–H and O–H groups in total. The summed E-state index contributed by atoms with van der Waals surface area (Å²) in [5, 5.41) is 3.18. The van der Waals surface area contributed by atoms with Crippen LogP contribution in [0.2, 0.25) is 0 Å². The van der Waals surface area contributed by atoms with E-state index in [1.54, 1.807) is 0 Å². The van der Waals surface area contributed by atoms with E-state index in [-0.39, 0.29) is 0 Å². The van der Waals surface area contributed by atoms with E-state index in [1.807, 2.05) is 24.8 Å². The average Bonchev–Trinajstić information content (AvgIpc) is 2.35. The summed E-state index contributed by atoms with van der Waals surface area (Å²) < 4.78 is 0. The van der Waals surface area contributed by atoms with Crippen LogP contribution in [0.1, 0.15) is 26.0 Å². The molecule has 0 saturated carbocycles. The number of nitrogens with one attached hydrogen (secondary N) is 1. The van der Waals surface area contributed by atoms with Crippen molar-refractivity contribution in [1.82, 2.24) is 9.97 Å². The lowest BCUT2D eigenvalue weighted by atomic mass is 10.2. The van der Waals surface area contributed by atoms with Crippen LogP contribution in [-0.4, -0.2) is 41.6 Å². The maximum absolute atomic E-state index is 4.57. The van der Waals surface area contributed by atoms with Gasteiger partial charge in [-0.3, -0.25) is 0 Å². The average molecular weight is 268 g/mol. The quantitative estimate of drug-likeness (QED) is 0.823.